The zero-order valence-corrected chi connectivity index (χ0v) is 10.8. The molecular weight excluding hydrogens is 262 g/mol. The predicted molar refractivity (Wildman–Crippen MR) is 71.3 cm³/mol. The third-order valence-electron chi connectivity index (χ3n) is 4.27. The van der Waals surface area contributed by atoms with E-state index in [-0.39, 0.29) is 10.6 Å². The van der Waals surface area contributed by atoms with Crippen LogP contribution < -0.4 is 20.1 Å². The number of benzene rings is 1. The lowest BCUT2D eigenvalue weighted by Crippen LogP contribution is -2.22. The molecule has 0 spiro atoms. The molecule has 0 amide bonds. The van der Waals surface area contributed by atoms with Crippen molar-refractivity contribution in [3.05, 3.63) is 22.2 Å². The molecule has 1 aromatic rings. The van der Waals surface area contributed by atoms with Gasteiger partial charge in [-0.15, -0.1) is 0 Å². The van der Waals surface area contributed by atoms with E-state index in [4.69, 9.17) is 9.47 Å². The summed E-state index contributed by atoms with van der Waals surface area (Å²) >= 11 is 0. The quantitative estimate of drug-likeness (QED) is 0.633. The molecule has 106 valence electrons. The Bertz CT molecular complexity index is 567. The molecule has 2 unspecified atom stereocenters. The van der Waals surface area contributed by atoms with Crippen molar-refractivity contribution in [1.82, 2.24) is 5.32 Å². The van der Waals surface area contributed by atoms with Gasteiger partial charge in [0.1, 0.15) is 18.9 Å². The standard InChI is InChI=1S/C13H15N3O4/c17-16(18)10-4-12-11(19-1-2-20-12)3-9(10)15-13-7-5-14-6-8(7)13/h3-4,7-8,13-15H,1-2,5-6H2. The van der Waals surface area contributed by atoms with Gasteiger partial charge in [0.05, 0.1) is 11.0 Å². The molecule has 0 radical (unpaired) electrons. The summed E-state index contributed by atoms with van der Waals surface area (Å²) in [6.45, 7) is 2.87. The zero-order chi connectivity index (χ0) is 13.7. The highest BCUT2D eigenvalue weighted by molar-refractivity contribution is 5.69. The molecule has 4 rings (SSSR count). The van der Waals surface area contributed by atoms with Crippen molar-refractivity contribution >= 4 is 11.4 Å². The second kappa shape index (κ2) is 4.24. The second-order valence-corrected chi connectivity index (χ2v) is 5.43. The molecule has 2 atom stereocenters. The molecule has 1 aliphatic carbocycles. The van der Waals surface area contributed by atoms with Crippen molar-refractivity contribution in [1.29, 1.82) is 0 Å². The highest BCUT2D eigenvalue weighted by Crippen LogP contribution is 2.46. The molecule has 1 aromatic carbocycles. The largest absolute Gasteiger partial charge is 0.486 e. The Labute approximate surface area is 115 Å². The first-order valence-corrected chi connectivity index (χ1v) is 6.79. The van der Waals surface area contributed by atoms with Crippen LogP contribution in [-0.4, -0.2) is 37.3 Å². The van der Waals surface area contributed by atoms with Crippen LogP contribution in [0.5, 0.6) is 11.5 Å². The van der Waals surface area contributed by atoms with Gasteiger partial charge in [0.2, 0.25) is 0 Å². The molecule has 20 heavy (non-hydrogen) atoms. The fourth-order valence-corrected chi connectivity index (χ4v) is 3.16. The smallest absolute Gasteiger partial charge is 0.296 e. The van der Waals surface area contributed by atoms with Crippen molar-refractivity contribution in [2.75, 3.05) is 31.6 Å². The maximum atomic E-state index is 11.2. The van der Waals surface area contributed by atoms with E-state index in [1.807, 2.05) is 0 Å². The van der Waals surface area contributed by atoms with Crippen molar-refractivity contribution in [2.45, 2.75) is 6.04 Å². The Balaban J connectivity index is 1.64. The molecule has 2 N–H and O–H groups in total. The van der Waals surface area contributed by atoms with Crippen LogP contribution in [0.1, 0.15) is 0 Å². The molecule has 3 aliphatic rings. The number of hydrogen-bond donors (Lipinski definition) is 2. The average molecular weight is 277 g/mol. The van der Waals surface area contributed by atoms with Crippen LogP contribution in [-0.2, 0) is 0 Å². The van der Waals surface area contributed by atoms with Gasteiger partial charge in [-0.2, -0.15) is 0 Å². The molecule has 2 fully saturated rings. The van der Waals surface area contributed by atoms with Crippen molar-refractivity contribution in [3.63, 3.8) is 0 Å². The van der Waals surface area contributed by atoms with Crippen LogP contribution >= 0.6 is 0 Å². The first kappa shape index (κ1) is 11.8. The topological polar surface area (TPSA) is 85.7 Å². The summed E-state index contributed by atoms with van der Waals surface area (Å²) < 4.78 is 10.9. The van der Waals surface area contributed by atoms with E-state index in [2.05, 4.69) is 10.6 Å². The highest BCUT2D eigenvalue weighted by atomic mass is 16.6. The van der Waals surface area contributed by atoms with Crippen LogP contribution in [0, 0.1) is 22.0 Å². The number of rotatable bonds is 3. The molecule has 1 saturated heterocycles. The molecule has 2 heterocycles. The fourth-order valence-electron chi connectivity index (χ4n) is 3.16. The van der Waals surface area contributed by atoms with Gasteiger partial charge in [0.25, 0.3) is 5.69 Å². The van der Waals surface area contributed by atoms with E-state index in [9.17, 15) is 10.1 Å². The lowest BCUT2D eigenvalue weighted by molar-refractivity contribution is -0.384. The van der Waals surface area contributed by atoms with E-state index >= 15 is 0 Å². The summed E-state index contributed by atoms with van der Waals surface area (Å²) in [4.78, 5) is 10.8. The van der Waals surface area contributed by atoms with Crippen LogP contribution in [0.3, 0.4) is 0 Å². The monoisotopic (exact) mass is 277 g/mol. The van der Waals surface area contributed by atoms with Gasteiger partial charge in [0.15, 0.2) is 11.5 Å². The Hall–Kier alpha value is -2.02. The molecule has 1 saturated carbocycles. The fraction of sp³-hybridized carbons (Fsp3) is 0.538. The number of anilines is 1. The van der Waals surface area contributed by atoms with Gasteiger partial charge in [0, 0.05) is 25.2 Å². The van der Waals surface area contributed by atoms with Gasteiger partial charge < -0.3 is 20.1 Å². The summed E-state index contributed by atoms with van der Waals surface area (Å²) in [6, 6.07) is 3.47. The molecule has 0 bridgehead atoms. The second-order valence-electron chi connectivity index (χ2n) is 5.43. The Morgan fingerprint density at radius 1 is 1.20 bits per heavy atom. The Kier molecular flexibility index (Phi) is 2.50. The lowest BCUT2D eigenvalue weighted by Gasteiger charge is -2.19. The van der Waals surface area contributed by atoms with Gasteiger partial charge in [-0.1, -0.05) is 0 Å². The Morgan fingerprint density at radius 2 is 1.85 bits per heavy atom. The van der Waals surface area contributed by atoms with Crippen LogP contribution in [0.2, 0.25) is 0 Å². The van der Waals surface area contributed by atoms with Crippen LogP contribution in [0.25, 0.3) is 0 Å². The number of nitrogens with zero attached hydrogens (tertiary/aromatic N) is 1. The number of nitro groups is 1. The Morgan fingerprint density at radius 3 is 2.50 bits per heavy atom. The van der Waals surface area contributed by atoms with E-state index in [0.717, 1.165) is 13.1 Å². The van der Waals surface area contributed by atoms with Gasteiger partial charge in [-0.05, 0) is 11.8 Å². The van der Waals surface area contributed by atoms with E-state index < -0.39 is 0 Å². The summed E-state index contributed by atoms with van der Waals surface area (Å²) in [7, 11) is 0. The van der Waals surface area contributed by atoms with Crippen LogP contribution in [0.15, 0.2) is 12.1 Å². The molecule has 7 heteroatoms. The first-order chi connectivity index (χ1) is 9.74. The number of nitro benzene ring substituents is 1. The zero-order valence-electron chi connectivity index (χ0n) is 10.8. The maximum absolute atomic E-state index is 11.2. The summed E-state index contributed by atoms with van der Waals surface area (Å²) in [5, 5.41) is 17.8. The SMILES string of the molecule is O=[N+]([O-])c1cc2c(cc1NC1C3CNCC31)OCCO2. The van der Waals surface area contributed by atoms with E-state index in [0.29, 0.717) is 48.3 Å². The van der Waals surface area contributed by atoms with Crippen molar-refractivity contribution in [3.8, 4) is 11.5 Å². The lowest BCUT2D eigenvalue weighted by atomic mass is 10.2. The molecule has 2 aliphatic heterocycles. The summed E-state index contributed by atoms with van der Waals surface area (Å²) in [5.41, 5.74) is 0.575. The van der Waals surface area contributed by atoms with Gasteiger partial charge in [-0.25, -0.2) is 0 Å². The third kappa shape index (κ3) is 1.77. The minimum atomic E-state index is -0.378. The number of nitrogens with one attached hydrogen (secondary N) is 2. The highest BCUT2D eigenvalue weighted by Gasteiger charge is 2.53. The minimum Gasteiger partial charge on any atom is -0.486 e. The van der Waals surface area contributed by atoms with E-state index in [1.54, 1.807) is 6.07 Å². The summed E-state index contributed by atoms with van der Waals surface area (Å²) in [5.74, 6) is 2.20. The van der Waals surface area contributed by atoms with Gasteiger partial charge in [-0.3, -0.25) is 10.1 Å². The number of piperidine rings is 1. The third-order valence-corrected chi connectivity index (χ3v) is 4.27. The predicted octanol–water partition coefficient (Wildman–Crippen LogP) is 0.996. The summed E-state index contributed by atoms with van der Waals surface area (Å²) in [6.07, 6.45) is 0. The normalized spacial score (nSPS) is 29.7. The van der Waals surface area contributed by atoms with Crippen molar-refractivity contribution < 1.29 is 14.4 Å². The molecule has 0 aromatic heterocycles. The molecular formula is C13H15N3O4. The van der Waals surface area contributed by atoms with Gasteiger partial charge >= 0.3 is 0 Å². The van der Waals surface area contributed by atoms with E-state index in [1.165, 1.54) is 6.07 Å². The number of fused-ring (bicyclic) bond motifs is 2. The molecule has 7 nitrogen and oxygen atoms in total. The number of ether oxygens (including phenoxy) is 2. The first-order valence-electron chi connectivity index (χ1n) is 6.79. The van der Waals surface area contributed by atoms with Crippen LogP contribution in [0.4, 0.5) is 11.4 Å². The van der Waals surface area contributed by atoms with Crippen molar-refractivity contribution in [2.24, 2.45) is 11.8 Å². The average Bonchev–Trinajstić information content (AvgIpc) is 2.88. The maximum Gasteiger partial charge on any atom is 0.296 e. The number of hydrogen-bond acceptors (Lipinski definition) is 6. The minimum absolute atomic E-state index is 0.0483.